The number of unbranched alkanes of at least 4 members (excludes halogenated alkanes) is 1. The van der Waals surface area contributed by atoms with Crippen LogP contribution >= 0.6 is 21.6 Å². The third-order valence-corrected chi connectivity index (χ3v) is 15.1. The third kappa shape index (κ3) is 19.3. The number of guanidine groups is 1. The van der Waals surface area contributed by atoms with Crippen molar-refractivity contribution in [3.05, 3.63) is 71.9 Å². The van der Waals surface area contributed by atoms with Gasteiger partial charge >= 0.3 is 5.97 Å². The lowest BCUT2D eigenvalue weighted by molar-refractivity contribution is -0.143. The molecule has 17 N–H and O–H groups in total. The smallest absolute Gasteiger partial charge is 0.327 e. The maximum atomic E-state index is 14.6. The van der Waals surface area contributed by atoms with E-state index in [0.717, 1.165) is 32.5 Å². The molecule has 0 aliphatic carbocycles. The number of H-pyrrole nitrogens is 1. The number of hydrogen-bond acceptors (Lipinski definition) is 13. The molecule has 4 rings (SSSR count). The maximum absolute atomic E-state index is 14.6. The second-order valence-electron chi connectivity index (χ2n) is 18.1. The van der Waals surface area contributed by atoms with E-state index in [-0.39, 0.29) is 69.6 Å². The number of aliphatic carboxylic acids is 1. The molecular formula is C48H69N13O10S2. The average molecular weight is 1050 g/mol. The maximum Gasteiger partial charge on any atom is 0.327 e. The second-order valence-corrected chi connectivity index (χ2v) is 21.2. The summed E-state index contributed by atoms with van der Waals surface area (Å²) in [6.45, 7) is 4.80. The molecule has 1 aromatic heterocycles. The predicted molar refractivity (Wildman–Crippen MR) is 279 cm³/mol. The number of carboxylic acids is 1. The molecule has 73 heavy (non-hydrogen) atoms. The van der Waals surface area contributed by atoms with Crippen LogP contribution in [0.25, 0.3) is 10.9 Å². The summed E-state index contributed by atoms with van der Waals surface area (Å²) in [5.41, 5.74) is 24.3. The van der Waals surface area contributed by atoms with Gasteiger partial charge in [-0.3, -0.25) is 43.3 Å². The van der Waals surface area contributed by atoms with Gasteiger partial charge in [0.15, 0.2) is 5.96 Å². The van der Waals surface area contributed by atoms with Crippen molar-refractivity contribution in [1.82, 2.24) is 42.2 Å². The van der Waals surface area contributed by atoms with Crippen LogP contribution in [0.1, 0.15) is 83.3 Å². The van der Waals surface area contributed by atoms with Gasteiger partial charge in [0, 0.05) is 55.6 Å². The number of aromatic nitrogens is 1. The minimum absolute atomic E-state index is 0.0430. The van der Waals surface area contributed by atoms with Crippen molar-refractivity contribution in [3.8, 4) is 0 Å². The molecule has 0 spiro atoms. The van der Waals surface area contributed by atoms with E-state index in [4.69, 9.17) is 22.9 Å². The third-order valence-electron chi connectivity index (χ3n) is 11.8. The highest BCUT2D eigenvalue weighted by Gasteiger charge is 2.40. The predicted octanol–water partition coefficient (Wildman–Crippen LogP) is -0.537. The summed E-state index contributed by atoms with van der Waals surface area (Å²) in [6.07, 6.45) is 1.89. The molecule has 2 aromatic carbocycles. The summed E-state index contributed by atoms with van der Waals surface area (Å²) in [5.74, 6) is -7.83. The lowest BCUT2D eigenvalue weighted by atomic mass is 10.00. The summed E-state index contributed by atoms with van der Waals surface area (Å²) in [7, 11) is 2.22. The topological polar surface area (TPSA) is 390 Å². The summed E-state index contributed by atoms with van der Waals surface area (Å²) in [6, 6.07) is 6.14. The molecule has 0 saturated carbocycles. The molecule has 2 heterocycles. The van der Waals surface area contributed by atoms with Crippen molar-refractivity contribution in [3.63, 3.8) is 0 Å². The van der Waals surface area contributed by atoms with Gasteiger partial charge in [-0.25, -0.2) is 4.79 Å². The molecule has 3 aromatic rings. The van der Waals surface area contributed by atoms with Crippen molar-refractivity contribution in [2.45, 2.75) is 132 Å². The molecule has 1 fully saturated rings. The number of carboxylic acid groups (broad SMARTS) is 1. The lowest BCUT2D eigenvalue weighted by Gasteiger charge is -2.32. The zero-order chi connectivity index (χ0) is 53.7. The first-order valence-corrected chi connectivity index (χ1v) is 26.3. The van der Waals surface area contributed by atoms with Gasteiger partial charge < -0.3 is 70.2 Å². The molecular weight excluding hydrogens is 983 g/mol. The molecule has 0 radical (unpaired) electrons. The van der Waals surface area contributed by atoms with Crippen LogP contribution in [0.15, 0.2) is 65.8 Å². The molecule has 1 aliphatic rings. The molecule has 1 saturated heterocycles. The van der Waals surface area contributed by atoms with Crippen LogP contribution in [0.3, 0.4) is 0 Å². The number of benzene rings is 2. The van der Waals surface area contributed by atoms with Crippen LogP contribution in [-0.4, -0.2) is 135 Å². The molecule has 1 aliphatic heterocycles. The van der Waals surface area contributed by atoms with Crippen LogP contribution in [0.2, 0.25) is 0 Å². The standard InChI is InChI=1S/C48H69N13O10S2/c1-27(62)55-32(16-9-10-21-49)40(64)58-35-20-23-72-73-48(2,3)39(46(70)71)61-45(69)37(25-29-26-54-31-15-8-7-14-30(29)31)60-41(65)33(17-11-22-53-47(51)52)56-44(68)36(24-28-12-5-4-6-13-28)59-42(66)34(57-43(35)67)18-19-38(50)63/h4-8,12-15,26,32-37,39,54H,9-11,16-25,49H2,1-3H3,(H2,50,63)(H,55,62)(H,56,68)(H,57,67)(H,58,64)(H,59,66)(H,60,65)(H,61,69)(H,70,71)(H4,51,52,53)/t32-,33+,34+,35+,36-,37+,39-/m1/s1. The fraction of sp³-hybridized carbons (Fsp3) is 0.500. The Balaban J connectivity index is 1.84. The number of primary amides is 1. The van der Waals surface area contributed by atoms with Crippen LogP contribution in [0.5, 0.6) is 0 Å². The van der Waals surface area contributed by atoms with Crippen LogP contribution in [-0.2, 0) is 56.0 Å². The first-order chi connectivity index (χ1) is 34.7. The first-order valence-electron chi connectivity index (χ1n) is 23.9. The fourth-order valence-corrected chi connectivity index (χ4v) is 10.7. The molecule has 0 bridgehead atoms. The number of carbonyl (C=O) groups is 9. The minimum Gasteiger partial charge on any atom is -0.480 e. The van der Waals surface area contributed by atoms with E-state index in [9.17, 15) is 48.3 Å². The van der Waals surface area contributed by atoms with E-state index in [0.29, 0.717) is 30.5 Å². The van der Waals surface area contributed by atoms with Gasteiger partial charge in [0.25, 0.3) is 0 Å². The monoisotopic (exact) mass is 1050 g/mol. The number of amides is 8. The Morgan fingerprint density at radius 2 is 1.38 bits per heavy atom. The number of hydrogen-bond donors (Lipinski definition) is 13. The number of para-hydroxylation sites is 1. The van der Waals surface area contributed by atoms with Crippen molar-refractivity contribution in [1.29, 1.82) is 0 Å². The summed E-state index contributed by atoms with van der Waals surface area (Å²) in [5, 5.41) is 30.1. The highest BCUT2D eigenvalue weighted by atomic mass is 33.1. The molecule has 7 atom stereocenters. The number of nitrogens with one attached hydrogen (secondary N) is 8. The average Bonchev–Trinajstić information content (AvgIpc) is 3.74. The number of fused-ring (bicyclic) bond motifs is 1. The Hall–Kier alpha value is -6.86. The van der Waals surface area contributed by atoms with Crippen LogP contribution < -0.4 is 60.2 Å². The number of nitrogens with two attached hydrogens (primary N) is 4. The van der Waals surface area contributed by atoms with Crippen molar-refractivity contribution in [2.24, 2.45) is 27.9 Å². The molecule has 23 nitrogen and oxygen atoms in total. The lowest BCUT2D eigenvalue weighted by Crippen LogP contribution is -2.61. The summed E-state index contributed by atoms with van der Waals surface area (Å²) < 4.78 is -1.27. The van der Waals surface area contributed by atoms with Crippen molar-refractivity contribution in [2.75, 3.05) is 18.8 Å². The largest absolute Gasteiger partial charge is 0.480 e. The van der Waals surface area contributed by atoms with E-state index in [1.807, 2.05) is 18.2 Å². The van der Waals surface area contributed by atoms with E-state index in [2.05, 4.69) is 47.2 Å². The highest BCUT2D eigenvalue weighted by molar-refractivity contribution is 8.77. The van der Waals surface area contributed by atoms with Gasteiger partial charge in [0.2, 0.25) is 47.3 Å². The zero-order valence-corrected chi connectivity index (χ0v) is 42.8. The normalized spacial score (nSPS) is 21.9. The molecule has 25 heteroatoms. The Morgan fingerprint density at radius 3 is 2.03 bits per heavy atom. The van der Waals surface area contributed by atoms with Crippen molar-refractivity contribution < 1.29 is 48.3 Å². The van der Waals surface area contributed by atoms with E-state index in [1.165, 1.54) is 6.92 Å². The highest BCUT2D eigenvalue weighted by Crippen LogP contribution is 2.39. The Labute approximate surface area is 431 Å². The van der Waals surface area contributed by atoms with Gasteiger partial charge in [-0.2, -0.15) is 0 Å². The first kappa shape index (κ1) is 58.7. The summed E-state index contributed by atoms with van der Waals surface area (Å²) in [4.78, 5) is 131. The fourth-order valence-electron chi connectivity index (χ4n) is 7.94. The van der Waals surface area contributed by atoms with Gasteiger partial charge in [-0.1, -0.05) is 70.1 Å². The van der Waals surface area contributed by atoms with E-state index in [1.54, 1.807) is 56.4 Å². The van der Waals surface area contributed by atoms with Gasteiger partial charge in [-0.05, 0) is 82.5 Å². The van der Waals surface area contributed by atoms with Gasteiger partial charge in [0.1, 0.15) is 42.3 Å². The minimum atomic E-state index is -1.56. The number of nitrogens with zero attached hydrogens (tertiary/aromatic N) is 1. The Morgan fingerprint density at radius 1 is 0.781 bits per heavy atom. The molecule has 398 valence electrons. The van der Waals surface area contributed by atoms with Crippen LogP contribution in [0.4, 0.5) is 0 Å². The van der Waals surface area contributed by atoms with Gasteiger partial charge in [0.05, 0.1) is 4.75 Å². The number of rotatable bonds is 19. The molecule has 0 unspecified atom stereocenters. The van der Waals surface area contributed by atoms with Gasteiger partial charge in [-0.15, -0.1) is 0 Å². The van der Waals surface area contributed by atoms with Crippen molar-refractivity contribution >= 4 is 91.7 Å². The number of aliphatic imine (C=N–C) groups is 1. The summed E-state index contributed by atoms with van der Waals surface area (Å²) >= 11 is 0. The van der Waals surface area contributed by atoms with E-state index >= 15 is 0 Å². The quantitative estimate of drug-likeness (QED) is 0.0311. The Bertz CT molecular complexity index is 2440. The zero-order valence-electron chi connectivity index (χ0n) is 41.2. The second kappa shape index (κ2) is 29.0. The number of carbonyl (C=O) groups excluding carboxylic acids is 8. The van der Waals surface area contributed by atoms with E-state index < -0.39 is 100 Å². The number of aromatic amines is 1. The molecule has 8 amide bonds. The SMILES string of the molecule is CC(=O)N[C@H](CCCCN)C(=O)N[C@H]1CCSSC(C)(C)[C@@H](C(=O)O)NC(=O)[C@H](Cc2c[nH]c3ccccc23)NC(=O)[C@H](CCCN=C(N)N)NC(=O)[C@@H](Cc2ccccc2)NC(=O)[C@H](CCC(N)=O)NC1=O. The van der Waals surface area contributed by atoms with Crippen LogP contribution in [0, 0.1) is 0 Å². The Kier molecular flexibility index (Phi) is 23.3.